The number of halogens is 3. The van der Waals surface area contributed by atoms with E-state index < -0.39 is 15.4 Å². The Labute approximate surface area is 223 Å². The summed E-state index contributed by atoms with van der Waals surface area (Å²) in [7, 11) is -3.22. The first kappa shape index (κ1) is 28.2. The normalized spacial score (nSPS) is 18.5. The van der Waals surface area contributed by atoms with E-state index in [4.69, 9.17) is 34.8 Å². The van der Waals surface area contributed by atoms with Crippen LogP contribution in [0.2, 0.25) is 15.1 Å². The average molecular weight is 561 g/mol. The maximum atomic E-state index is 13.7. The summed E-state index contributed by atoms with van der Waals surface area (Å²) in [5, 5.41) is 4.62. The van der Waals surface area contributed by atoms with E-state index in [0.717, 1.165) is 24.1 Å². The third-order valence-electron chi connectivity index (χ3n) is 6.72. The SMILES string of the molecule is CC(NC(=O)C(C)(CCN1CCCN(S(C)(=O)=O)CC1)c1ccc(Cl)c(Cl)c1)c1ccc(Cl)cc1. The fraction of sp³-hybridized carbons (Fsp3) is 0.480. The number of carbonyl (C=O) groups excluding carboxylic acids is 1. The second-order valence-corrected chi connectivity index (χ2v) is 12.5. The van der Waals surface area contributed by atoms with Crippen LogP contribution in [-0.2, 0) is 20.2 Å². The summed E-state index contributed by atoms with van der Waals surface area (Å²) in [6, 6.07) is 12.5. The van der Waals surface area contributed by atoms with Gasteiger partial charge in [0, 0.05) is 24.7 Å². The Morgan fingerprint density at radius 1 is 1.03 bits per heavy atom. The molecule has 0 radical (unpaired) electrons. The number of hydrogen-bond acceptors (Lipinski definition) is 4. The summed E-state index contributed by atoms with van der Waals surface area (Å²) >= 11 is 18.5. The van der Waals surface area contributed by atoms with Crippen molar-refractivity contribution in [2.75, 3.05) is 39.0 Å². The van der Waals surface area contributed by atoms with Gasteiger partial charge in [-0.3, -0.25) is 4.79 Å². The number of nitrogens with zero attached hydrogens (tertiary/aromatic N) is 2. The standard InChI is InChI=1S/C25H32Cl3N3O3S/c1-18(19-5-8-21(26)9-6-19)29-24(32)25(2,20-7-10-22(27)23(28)17-20)11-14-30-12-4-13-31(16-15-30)35(3,33)34/h5-10,17-18H,4,11-16H2,1-3H3,(H,29,32). The monoisotopic (exact) mass is 559 g/mol. The molecule has 35 heavy (non-hydrogen) atoms. The number of sulfonamides is 1. The van der Waals surface area contributed by atoms with E-state index >= 15 is 0 Å². The van der Waals surface area contributed by atoms with Gasteiger partial charge < -0.3 is 10.2 Å². The average Bonchev–Trinajstić information content (AvgIpc) is 3.05. The van der Waals surface area contributed by atoms with Crippen molar-refractivity contribution in [2.45, 2.75) is 38.1 Å². The van der Waals surface area contributed by atoms with Crippen LogP contribution in [0, 0.1) is 0 Å². The van der Waals surface area contributed by atoms with Crippen LogP contribution in [0.4, 0.5) is 0 Å². The molecule has 1 amide bonds. The lowest BCUT2D eigenvalue weighted by Crippen LogP contribution is -2.45. The number of rotatable bonds is 8. The van der Waals surface area contributed by atoms with Crippen LogP contribution in [0.5, 0.6) is 0 Å². The van der Waals surface area contributed by atoms with E-state index in [-0.39, 0.29) is 11.9 Å². The summed E-state index contributed by atoms with van der Waals surface area (Å²) < 4.78 is 25.4. The summed E-state index contributed by atoms with van der Waals surface area (Å²) in [6.45, 7) is 6.83. The van der Waals surface area contributed by atoms with Gasteiger partial charge in [0.05, 0.1) is 27.8 Å². The third kappa shape index (κ3) is 7.34. The van der Waals surface area contributed by atoms with Gasteiger partial charge in [-0.2, -0.15) is 0 Å². The summed E-state index contributed by atoms with van der Waals surface area (Å²) in [6.07, 6.45) is 2.52. The molecule has 2 aromatic carbocycles. The molecule has 2 atom stereocenters. The van der Waals surface area contributed by atoms with Crippen LogP contribution in [0.15, 0.2) is 42.5 Å². The van der Waals surface area contributed by atoms with Gasteiger partial charge in [0.2, 0.25) is 15.9 Å². The molecule has 0 bridgehead atoms. The lowest BCUT2D eigenvalue weighted by atomic mass is 9.78. The first-order chi connectivity index (χ1) is 16.4. The molecule has 1 aliphatic rings. The highest BCUT2D eigenvalue weighted by Gasteiger charge is 2.37. The van der Waals surface area contributed by atoms with E-state index in [2.05, 4.69) is 10.2 Å². The zero-order valence-corrected chi connectivity index (χ0v) is 23.3. The molecule has 1 heterocycles. The van der Waals surface area contributed by atoms with E-state index in [1.165, 1.54) is 10.6 Å². The molecular weight excluding hydrogens is 529 g/mol. The van der Waals surface area contributed by atoms with E-state index in [1.54, 1.807) is 24.3 Å². The molecule has 3 rings (SSSR count). The van der Waals surface area contributed by atoms with Crippen molar-refractivity contribution >= 4 is 50.7 Å². The molecule has 2 aromatic rings. The molecule has 1 aliphatic heterocycles. The predicted octanol–water partition coefficient (Wildman–Crippen LogP) is 5.14. The fourth-order valence-electron chi connectivity index (χ4n) is 4.30. The molecule has 1 N–H and O–H groups in total. The van der Waals surface area contributed by atoms with Crippen molar-refractivity contribution in [3.63, 3.8) is 0 Å². The highest BCUT2D eigenvalue weighted by atomic mass is 35.5. The lowest BCUT2D eigenvalue weighted by molar-refractivity contribution is -0.127. The van der Waals surface area contributed by atoms with Crippen molar-refractivity contribution in [3.8, 4) is 0 Å². The van der Waals surface area contributed by atoms with Gasteiger partial charge in [-0.15, -0.1) is 0 Å². The van der Waals surface area contributed by atoms with E-state index in [0.29, 0.717) is 47.7 Å². The Balaban J connectivity index is 1.79. The smallest absolute Gasteiger partial charge is 0.230 e. The van der Waals surface area contributed by atoms with Crippen molar-refractivity contribution < 1.29 is 13.2 Å². The molecule has 2 unspecified atom stereocenters. The summed E-state index contributed by atoms with van der Waals surface area (Å²) in [4.78, 5) is 15.9. The molecule has 6 nitrogen and oxygen atoms in total. The highest BCUT2D eigenvalue weighted by molar-refractivity contribution is 7.88. The second-order valence-electron chi connectivity index (χ2n) is 9.31. The zero-order valence-electron chi connectivity index (χ0n) is 20.2. The first-order valence-corrected chi connectivity index (χ1v) is 14.6. The van der Waals surface area contributed by atoms with Gasteiger partial charge in [-0.1, -0.05) is 53.0 Å². The molecule has 192 valence electrons. The fourth-order valence-corrected chi connectivity index (χ4v) is 5.60. The zero-order chi connectivity index (χ0) is 25.8. The molecule has 1 saturated heterocycles. The predicted molar refractivity (Wildman–Crippen MR) is 144 cm³/mol. The molecule has 1 fully saturated rings. The minimum Gasteiger partial charge on any atom is -0.349 e. The van der Waals surface area contributed by atoms with Crippen LogP contribution < -0.4 is 5.32 Å². The van der Waals surface area contributed by atoms with Crippen LogP contribution >= 0.6 is 34.8 Å². The number of benzene rings is 2. The minimum atomic E-state index is -3.22. The summed E-state index contributed by atoms with van der Waals surface area (Å²) in [5.41, 5.74) is 0.852. The number of amides is 1. The third-order valence-corrected chi connectivity index (χ3v) is 9.01. The molecule has 0 aliphatic carbocycles. The Kier molecular flexibility index (Phi) is 9.51. The maximum Gasteiger partial charge on any atom is 0.230 e. The van der Waals surface area contributed by atoms with Gasteiger partial charge in [-0.25, -0.2) is 12.7 Å². The van der Waals surface area contributed by atoms with Crippen molar-refractivity contribution in [2.24, 2.45) is 0 Å². The molecule has 0 aromatic heterocycles. The topological polar surface area (TPSA) is 69.7 Å². The van der Waals surface area contributed by atoms with Gasteiger partial charge >= 0.3 is 0 Å². The number of hydrogen-bond donors (Lipinski definition) is 1. The summed E-state index contributed by atoms with van der Waals surface area (Å²) in [5.74, 6) is -0.120. The van der Waals surface area contributed by atoms with Crippen molar-refractivity contribution in [1.82, 2.24) is 14.5 Å². The highest BCUT2D eigenvalue weighted by Crippen LogP contribution is 2.34. The molecule has 0 saturated carbocycles. The molecular formula is C25H32Cl3N3O3S. The first-order valence-electron chi connectivity index (χ1n) is 11.6. The van der Waals surface area contributed by atoms with Crippen LogP contribution in [0.1, 0.15) is 43.9 Å². The quantitative estimate of drug-likeness (QED) is 0.485. The maximum absolute atomic E-state index is 13.7. The van der Waals surface area contributed by atoms with Gasteiger partial charge in [-0.05, 0) is 75.2 Å². The van der Waals surface area contributed by atoms with Crippen molar-refractivity contribution in [1.29, 1.82) is 0 Å². The van der Waals surface area contributed by atoms with E-state index in [9.17, 15) is 13.2 Å². The lowest BCUT2D eigenvalue weighted by Gasteiger charge is -2.33. The Morgan fingerprint density at radius 2 is 1.71 bits per heavy atom. The van der Waals surface area contributed by atoms with Gasteiger partial charge in [0.25, 0.3) is 0 Å². The van der Waals surface area contributed by atoms with Crippen LogP contribution in [-0.4, -0.2) is 62.5 Å². The van der Waals surface area contributed by atoms with Crippen molar-refractivity contribution in [3.05, 3.63) is 68.7 Å². The molecule has 0 spiro atoms. The largest absolute Gasteiger partial charge is 0.349 e. The minimum absolute atomic E-state index is 0.120. The Hall–Kier alpha value is -1.35. The Bertz CT molecular complexity index is 1140. The van der Waals surface area contributed by atoms with Crippen LogP contribution in [0.3, 0.4) is 0 Å². The van der Waals surface area contributed by atoms with E-state index in [1.807, 2.05) is 32.0 Å². The number of carbonyl (C=O) groups is 1. The van der Waals surface area contributed by atoms with Crippen LogP contribution in [0.25, 0.3) is 0 Å². The number of nitrogens with one attached hydrogen (secondary N) is 1. The molecule has 10 heteroatoms. The Morgan fingerprint density at radius 3 is 2.34 bits per heavy atom. The second kappa shape index (κ2) is 11.8. The van der Waals surface area contributed by atoms with Gasteiger partial charge in [0.15, 0.2) is 0 Å². The van der Waals surface area contributed by atoms with Gasteiger partial charge in [0.1, 0.15) is 0 Å².